The largest absolute Gasteiger partial charge is 0.494 e. The van der Waals surface area contributed by atoms with E-state index in [1.807, 2.05) is 36.4 Å². The minimum Gasteiger partial charge on any atom is -0.494 e. The quantitative estimate of drug-likeness (QED) is 0.746. The Hall–Kier alpha value is -2.14. The number of rotatable bonds is 3. The van der Waals surface area contributed by atoms with Crippen LogP contribution in [0.1, 0.15) is 18.7 Å². The minimum atomic E-state index is 0.0598. The van der Waals surface area contributed by atoms with Crippen molar-refractivity contribution in [2.75, 3.05) is 7.11 Å². The molecular weight excluding hydrogens is 270 g/mol. The number of imidazole rings is 1. The van der Waals surface area contributed by atoms with E-state index < -0.39 is 0 Å². The lowest BCUT2D eigenvalue weighted by atomic mass is 10.2. The van der Waals surface area contributed by atoms with E-state index in [4.69, 9.17) is 17.0 Å². The van der Waals surface area contributed by atoms with Crippen LogP contribution in [0.3, 0.4) is 0 Å². The fraction of sp³-hybridized carbons (Fsp3) is 0.200. The first-order chi connectivity index (χ1) is 9.72. The molecule has 2 aromatic heterocycles. The molecule has 0 saturated carbocycles. The Morgan fingerprint density at radius 1 is 1.25 bits per heavy atom. The predicted molar refractivity (Wildman–Crippen MR) is 81.7 cm³/mol. The molecule has 1 aromatic carbocycles. The second-order valence-corrected chi connectivity index (χ2v) is 4.97. The summed E-state index contributed by atoms with van der Waals surface area (Å²) in [6.45, 7) is 2.09. The van der Waals surface area contributed by atoms with Gasteiger partial charge in [0.05, 0.1) is 24.4 Å². The highest BCUT2D eigenvalue weighted by Crippen LogP contribution is 2.28. The monoisotopic (exact) mass is 285 g/mol. The average molecular weight is 285 g/mol. The third kappa shape index (κ3) is 2.00. The van der Waals surface area contributed by atoms with Crippen LogP contribution in [0.5, 0.6) is 5.75 Å². The number of nitrogens with one attached hydrogen (secondary N) is 1. The van der Waals surface area contributed by atoms with Crippen LogP contribution in [0, 0.1) is 4.77 Å². The van der Waals surface area contributed by atoms with Crippen LogP contribution in [0.15, 0.2) is 42.6 Å². The highest BCUT2D eigenvalue weighted by Gasteiger charge is 2.15. The summed E-state index contributed by atoms with van der Waals surface area (Å²) in [7, 11) is 1.66. The lowest BCUT2D eigenvalue weighted by Crippen LogP contribution is -2.08. The summed E-state index contributed by atoms with van der Waals surface area (Å²) >= 11 is 5.46. The summed E-state index contributed by atoms with van der Waals surface area (Å²) in [5, 5.41) is 0. The maximum Gasteiger partial charge on any atom is 0.178 e. The van der Waals surface area contributed by atoms with Gasteiger partial charge in [-0.25, -0.2) is 0 Å². The van der Waals surface area contributed by atoms with Gasteiger partial charge in [0.2, 0.25) is 0 Å². The standard InChI is InChI=1S/C15H15N3OS/c1-10(11-6-3-4-9-16-11)18-12-7-5-8-13(19-2)14(12)17-15(18)20/h3-10H,1-2H3,(H,17,20). The molecule has 0 bridgehead atoms. The molecular formula is C15H15N3OS. The van der Waals surface area contributed by atoms with Gasteiger partial charge in [0.25, 0.3) is 0 Å². The average Bonchev–Trinajstić information content (AvgIpc) is 2.83. The molecule has 20 heavy (non-hydrogen) atoms. The molecule has 2 heterocycles. The van der Waals surface area contributed by atoms with E-state index in [9.17, 15) is 0 Å². The number of aromatic amines is 1. The maximum atomic E-state index is 5.46. The van der Waals surface area contributed by atoms with Crippen molar-refractivity contribution in [1.82, 2.24) is 14.5 Å². The van der Waals surface area contributed by atoms with Gasteiger partial charge in [-0.1, -0.05) is 12.1 Å². The van der Waals surface area contributed by atoms with E-state index in [-0.39, 0.29) is 6.04 Å². The number of aromatic nitrogens is 3. The van der Waals surface area contributed by atoms with Gasteiger partial charge in [0.1, 0.15) is 11.3 Å². The van der Waals surface area contributed by atoms with Crippen molar-refractivity contribution in [3.63, 3.8) is 0 Å². The number of benzene rings is 1. The summed E-state index contributed by atoms with van der Waals surface area (Å²) in [6, 6.07) is 11.9. The fourth-order valence-electron chi connectivity index (χ4n) is 2.43. The van der Waals surface area contributed by atoms with Gasteiger partial charge in [-0.05, 0) is 43.4 Å². The Bertz CT molecular complexity index is 792. The molecule has 0 spiro atoms. The molecule has 0 radical (unpaired) electrons. The molecule has 4 nitrogen and oxygen atoms in total. The Morgan fingerprint density at radius 3 is 2.80 bits per heavy atom. The summed E-state index contributed by atoms with van der Waals surface area (Å²) in [5.74, 6) is 0.792. The summed E-state index contributed by atoms with van der Waals surface area (Å²) in [4.78, 5) is 7.64. The summed E-state index contributed by atoms with van der Waals surface area (Å²) in [5.41, 5.74) is 2.92. The van der Waals surface area contributed by atoms with Crippen molar-refractivity contribution in [1.29, 1.82) is 0 Å². The van der Waals surface area contributed by atoms with Gasteiger partial charge in [-0.15, -0.1) is 0 Å². The van der Waals surface area contributed by atoms with Crippen LogP contribution in [0.2, 0.25) is 0 Å². The molecule has 102 valence electrons. The molecule has 1 N–H and O–H groups in total. The van der Waals surface area contributed by atoms with Crippen molar-refractivity contribution >= 4 is 23.3 Å². The van der Waals surface area contributed by atoms with E-state index in [0.29, 0.717) is 4.77 Å². The molecule has 0 aliphatic carbocycles. The normalized spacial score (nSPS) is 12.5. The molecule has 3 aromatic rings. The number of para-hydroxylation sites is 1. The van der Waals surface area contributed by atoms with Crippen LogP contribution in [0.25, 0.3) is 11.0 Å². The zero-order valence-corrected chi connectivity index (χ0v) is 12.1. The Balaban J connectivity index is 2.22. The fourth-order valence-corrected chi connectivity index (χ4v) is 2.79. The van der Waals surface area contributed by atoms with Gasteiger partial charge in [-0.2, -0.15) is 0 Å². The van der Waals surface area contributed by atoms with Crippen molar-refractivity contribution in [3.05, 3.63) is 53.1 Å². The first-order valence-electron chi connectivity index (χ1n) is 6.40. The van der Waals surface area contributed by atoms with E-state index in [0.717, 1.165) is 22.5 Å². The Labute approximate surface area is 122 Å². The molecule has 0 fully saturated rings. The summed E-state index contributed by atoms with van der Waals surface area (Å²) < 4.78 is 8.11. The van der Waals surface area contributed by atoms with Crippen molar-refractivity contribution in [2.24, 2.45) is 0 Å². The topological polar surface area (TPSA) is 42.8 Å². The molecule has 1 unspecified atom stereocenters. The lowest BCUT2D eigenvalue weighted by molar-refractivity contribution is 0.419. The van der Waals surface area contributed by atoms with Gasteiger partial charge < -0.3 is 14.3 Å². The number of hydrogen-bond donors (Lipinski definition) is 1. The number of methoxy groups -OCH3 is 1. The van der Waals surface area contributed by atoms with Gasteiger partial charge in [0, 0.05) is 6.20 Å². The van der Waals surface area contributed by atoms with Gasteiger partial charge >= 0.3 is 0 Å². The third-order valence-corrected chi connectivity index (χ3v) is 3.74. The van der Waals surface area contributed by atoms with Crippen LogP contribution in [-0.2, 0) is 0 Å². The zero-order valence-electron chi connectivity index (χ0n) is 11.3. The number of hydrogen-bond acceptors (Lipinski definition) is 3. The van der Waals surface area contributed by atoms with Crippen molar-refractivity contribution in [2.45, 2.75) is 13.0 Å². The highest BCUT2D eigenvalue weighted by molar-refractivity contribution is 7.71. The molecule has 5 heteroatoms. The SMILES string of the molecule is COc1cccc2c1[nH]c(=S)n2C(C)c1ccccn1. The molecule has 1 atom stereocenters. The van der Waals surface area contributed by atoms with Crippen LogP contribution >= 0.6 is 12.2 Å². The van der Waals surface area contributed by atoms with Crippen LogP contribution in [0.4, 0.5) is 0 Å². The molecule has 0 aliphatic heterocycles. The summed E-state index contributed by atoms with van der Waals surface area (Å²) in [6.07, 6.45) is 1.80. The number of pyridine rings is 1. The van der Waals surface area contributed by atoms with E-state index >= 15 is 0 Å². The number of fused-ring (bicyclic) bond motifs is 1. The molecule has 0 saturated heterocycles. The minimum absolute atomic E-state index is 0.0598. The lowest BCUT2D eigenvalue weighted by Gasteiger charge is -2.14. The van der Waals surface area contributed by atoms with Gasteiger partial charge in [-0.3, -0.25) is 4.98 Å². The molecule has 3 rings (SSSR count). The zero-order chi connectivity index (χ0) is 14.1. The van der Waals surface area contributed by atoms with Gasteiger partial charge in [0.15, 0.2) is 4.77 Å². The number of ether oxygens (including phenoxy) is 1. The van der Waals surface area contributed by atoms with Crippen molar-refractivity contribution < 1.29 is 4.74 Å². The van der Waals surface area contributed by atoms with Crippen molar-refractivity contribution in [3.8, 4) is 5.75 Å². The third-order valence-electron chi connectivity index (χ3n) is 3.44. The smallest absolute Gasteiger partial charge is 0.178 e. The first-order valence-corrected chi connectivity index (χ1v) is 6.81. The van der Waals surface area contributed by atoms with E-state index in [1.165, 1.54) is 0 Å². The van der Waals surface area contributed by atoms with E-state index in [2.05, 4.69) is 21.5 Å². The van der Waals surface area contributed by atoms with Crippen LogP contribution in [-0.4, -0.2) is 21.6 Å². The molecule has 0 aliphatic rings. The van der Waals surface area contributed by atoms with E-state index in [1.54, 1.807) is 13.3 Å². The second kappa shape index (κ2) is 5.09. The number of nitrogens with zero attached hydrogens (tertiary/aromatic N) is 2. The molecule has 0 amide bonds. The second-order valence-electron chi connectivity index (χ2n) is 4.59. The highest BCUT2D eigenvalue weighted by atomic mass is 32.1. The van der Waals surface area contributed by atoms with Crippen LogP contribution < -0.4 is 4.74 Å². The Kier molecular flexibility index (Phi) is 3.28. The first kappa shape index (κ1) is 12.9. The maximum absolute atomic E-state index is 5.46. The Morgan fingerprint density at radius 2 is 2.10 bits per heavy atom. The predicted octanol–water partition coefficient (Wildman–Crippen LogP) is 3.71. The number of H-pyrrole nitrogens is 1.